The molecule has 2 aromatic heterocycles. The highest BCUT2D eigenvalue weighted by Crippen LogP contribution is 2.23. The maximum atomic E-state index is 12.2. The first kappa shape index (κ1) is 17.1. The molecule has 0 atom stereocenters. The normalized spacial score (nSPS) is 10.7. The van der Waals surface area contributed by atoms with E-state index in [2.05, 4.69) is 15.5 Å². The molecular formula is C16H16N6O4. The lowest BCUT2D eigenvalue weighted by Crippen LogP contribution is -2.15. The van der Waals surface area contributed by atoms with E-state index in [4.69, 9.17) is 0 Å². The number of aromatic hydroxyl groups is 1. The first-order valence-corrected chi connectivity index (χ1v) is 7.68. The zero-order chi connectivity index (χ0) is 18.8. The number of nitrogens with zero attached hydrogens (tertiary/aromatic N) is 5. The lowest BCUT2D eigenvalue weighted by Gasteiger charge is -2.05. The van der Waals surface area contributed by atoms with Gasteiger partial charge >= 0.3 is 5.69 Å². The minimum Gasteiger partial charge on any atom is -0.506 e. The SMILES string of the molecule is Cc1nn(Cn2ccc(C(=O)Nc3ccccc3O)n2)c(C)c1[N+](=O)[O-]. The topological polar surface area (TPSA) is 128 Å². The highest BCUT2D eigenvalue weighted by molar-refractivity contribution is 6.03. The van der Waals surface area contributed by atoms with Gasteiger partial charge in [-0.25, -0.2) is 4.68 Å². The fourth-order valence-electron chi connectivity index (χ4n) is 2.55. The van der Waals surface area contributed by atoms with Gasteiger partial charge < -0.3 is 10.4 Å². The zero-order valence-electron chi connectivity index (χ0n) is 14.1. The molecule has 0 aliphatic heterocycles. The Labute approximate surface area is 147 Å². The van der Waals surface area contributed by atoms with Gasteiger partial charge in [0.05, 0.1) is 10.6 Å². The smallest absolute Gasteiger partial charge is 0.312 e. The van der Waals surface area contributed by atoms with Crippen LogP contribution in [0.3, 0.4) is 0 Å². The van der Waals surface area contributed by atoms with Crippen molar-refractivity contribution in [2.45, 2.75) is 20.5 Å². The molecule has 10 nitrogen and oxygen atoms in total. The number of phenolic OH excluding ortho intramolecular Hbond substituents is 1. The molecule has 26 heavy (non-hydrogen) atoms. The Bertz CT molecular complexity index is 991. The average Bonchev–Trinajstić information content (AvgIpc) is 3.15. The number of anilines is 1. The van der Waals surface area contributed by atoms with Crippen molar-refractivity contribution in [2.75, 3.05) is 5.32 Å². The van der Waals surface area contributed by atoms with Crippen molar-refractivity contribution >= 4 is 17.3 Å². The monoisotopic (exact) mass is 356 g/mol. The number of rotatable bonds is 5. The summed E-state index contributed by atoms with van der Waals surface area (Å²) in [7, 11) is 0. The molecule has 0 spiro atoms. The molecule has 2 N–H and O–H groups in total. The number of amides is 1. The molecule has 134 valence electrons. The number of hydrogen-bond donors (Lipinski definition) is 2. The lowest BCUT2D eigenvalue weighted by molar-refractivity contribution is -0.386. The standard InChI is InChI=1S/C16H16N6O4/c1-10-15(22(25)26)11(2)21(18-10)9-20-8-7-13(19-20)16(24)17-12-5-3-4-6-14(12)23/h3-8,23H,9H2,1-2H3,(H,17,24). The van der Waals surface area contributed by atoms with E-state index in [-0.39, 0.29) is 29.5 Å². The maximum Gasteiger partial charge on any atom is 0.312 e. The number of phenols is 1. The molecule has 1 amide bonds. The lowest BCUT2D eigenvalue weighted by atomic mass is 10.3. The van der Waals surface area contributed by atoms with Crippen LogP contribution >= 0.6 is 0 Å². The molecule has 3 aromatic rings. The minimum atomic E-state index is -0.482. The van der Waals surface area contributed by atoms with Gasteiger partial charge in [0.2, 0.25) is 0 Å². The Balaban J connectivity index is 1.76. The molecule has 0 saturated heterocycles. The quantitative estimate of drug-likeness (QED) is 0.409. The van der Waals surface area contributed by atoms with Gasteiger partial charge in [-0.3, -0.25) is 19.6 Å². The molecule has 0 radical (unpaired) electrons. The summed E-state index contributed by atoms with van der Waals surface area (Å²) in [5, 5.41) is 31.6. The van der Waals surface area contributed by atoms with Gasteiger partial charge in [0.1, 0.15) is 23.8 Å². The minimum absolute atomic E-state index is 0.0327. The van der Waals surface area contributed by atoms with E-state index in [1.807, 2.05) is 0 Å². The third kappa shape index (κ3) is 3.24. The predicted molar refractivity (Wildman–Crippen MR) is 92.0 cm³/mol. The van der Waals surface area contributed by atoms with Crippen molar-refractivity contribution in [2.24, 2.45) is 0 Å². The molecule has 0 unspecified atom stereocenters. The Kier molecular flexibility index (Phi) is 4.40. The van der Waals surface area contributed by atoms with Crippen LogP contribution in [0.1, 0.15) is 21.9 Å². The summed E-state index contributed by atoms with van der Waals surface area (Å²) in [5.74, 6) is -0.528. The fourth-order valence-corrected chi connectivity index (χ4v) is 2.55. The Morgan fingerprint density at radius 2 is 2.00 bits per heavy atom. The van der Waals surface area contributed by atoms with Crippen molar-refractivity contribution in [1.29, 1.82) is 0 Å². The van der Waals surface area contributed by atoms with Crippen molar-refractivity contribution in [3.8, 4) is 5.75 Å². The van der Waals surface area contributed by atoms with E-state index in [1.165, 1.54) is 21.5 Å². The number of carbonyl (C=O) groups excluding carboxylic acids is 1. The number of hydrogen-bond acceptors (Lipinski definition) is 6. The average molecular weight is 356 g/mol. The van der Waals surface area contributed by atoms with Crippen LogP contribution in [0.2, 0.25) is 0 Å². The van der Waals surface area contributed by atoms with E-state index in [0.717, 1.165) is 0 Å². The van der Waals surface area contributed by atoms with E-state index in [0.29, 0.717) is 11.4 Å². The van der Waals surface area contributed by atoms with E-state index in [1.54, 1.807) is 38.2 Å². The van der Waals surface area contributed by atoms with Crippen LogP contribution in [0.25, 0.3) is 0 Å². The number of carbonyl (C=O) groups is 1. The highest BCUT2D eigenvalue weighted by Gasteiger charge is 2.22. The summed E-state index contributed by atoms with van der Waals surface area (Å²) in [6.45, 7) is 3.30. The van der Waals surface area contributed by atoms with Crippen LogP contribution in [-0.2, 0) is 6.67 Å². The van der Waals surface area contributed by atoms with Crippen molar-refractivity contribution in [1.82, 2.24) is 19.6 Å². The first-order chi connectivity index (χ1) is 12.4. The molecule has 0 aliphatic rings. The van der Waals surface area contributed by atoms with Gasteiger partial charge in [-0.15, -0.1) is 0 Å². The molecule has 0 bridgehead atoms. The number of nitrogens with one attached hydrogen (secondary N) is 1. The largest absolute Gasteiger partial charge is 0.506 e. The summed E-state index contributed by atoms with van der Waals surface area (Å²) < 4.78 is 2.90. The number of aromatic nitrogens is 4. The van der Waals surface area contributed by atoms with Gasteiger partial charge in [-0.1, -0.05) is 12.1 Å². The molecule has 10 heteroatoms. The van der Waals surface area contributed by atoms with Crippen LogP contribution < -0.4 is 5.32 Å². The molecule has 1 aromatic carbocycles. The highest BCUT2D eigenvalue weighted by atomic mass is 16.6. The fraction of sp³-hybridized carbons (Fsp3) is 0.188. The van der Waals surface area contributed by atoms with Crippen LogP contribution in [0.4, 0.5) is 11.4 Å². The molecule has 3 rings (SSSR count). The summed E-state index contributed by atoms with van der Waals surface area (Å²) in [4.78, 5) is 22.8. The Morgan fingerprint density at radius 1 is 1.27 bits per heavy atom. The summed E-state index contributed by atoms with van der Waals surface area (Å²) >= 11 is 0. The molecule has 0 saturated carbocycles. The third-order valence-corrected chi connectivity index (χ3v) is 3.83. The van der Waals surface area contributed by atoms with Gasteiger partial charge in [-0.2, -0.15) is 10.2 Å². The molecule has 0 aliphatic carbocycles. The second kappa shape index (κ2) is 6.67. The number of aryl methyl sites for hydroxylation is 1. The predicted octanol–water partition coefficient (Wildman–Crippen LogP) is 2.07. The molecular weight excluding hydrogens is 340 g/mol. The van der Waals surface area contributed by atoms with Gasteiger partial charge in [-0.05, 0) is 32.0 Å². The van der Waals surface area contributed by atoms with Crippen LogP contribution in [0, 0.1) is 24.0 Å². The number of para-hydroxylation sites is 2. The Morgan fingerprint density at radius 3 is 2.65 bits per heavy atom. The van der Waals surface area contributed by atoms with Crippen LogP contribution in [-0.4, -0.2) is 35.5 Å². The zero-order valence-corrected chi connectivity index (χ0v) is 14.1. The van der Waals surface area contributed by atoms with Crippen molar-refractivity contribution < 1.29 is 14.8 Å². The van der Waals surface area contributed by atoms with E-state index in [9.17, 15) is 20.0 Å². The number of benzene rings is 1. The summed E-state index contributed by atoms with van der Waals surface area (Å²) in [5.41, 5.74) is 1.11. The van der Waals surface area contributed by atoms with Gasteiger partial charge in [0, 0.05) is 6.20 Å². The van der Waals surface area contributed by atoms with E-state index >= 15 is 0 Å². The summed E-state index contributed by atoms with van der Waals surface area (Å²) in [6, 6.07) is 7.87. The molecule has 2 heterocycles. The van der Waals surface area contributed by atoms with Crippen molar-refractivity contribution in [3.05, 3.63) is 63.7 Å². The maximum absolute atomic E-state index is 12.2. The van der Waals surface area contributed by atoms with Crippen LogP contribution in [0.5, 0.6) is 5.75 Å². The van der Waals surface area contributed by atoms with Crippen LogP contribution in [0.15, 0.2) is 36.5 Å². The second-order valence-electron chi connectivity index (χ2n) is 5.63. The Hall–Kier alpha value is -3.69. The number of nitro groups is 1. The summed E-state index contributed by atoms with van der Waals surface area (Å²) in [6.07, 6.45) is 1.57. The van der Waals surface area contributed by atoms with Crippen molar-refractivity contribution in [3.63, 3.8) is 0 Å². The van der Waals surface area contributed by atoms with E-state index < -0.39 is 10.8 Å². The second-order valence-corrected chi connectivity index (χ2v) is 5.63. The van der Waals surface area contributed by atoms with Gasteiger partial charge in [0.15, 0.2) is 5.69 Å². The molecule has 0 fully saturated rings. The third-order valence-electron chi connectivity index (χ3n) is 3.83. The first-order valence-electron chi connectivity index (χ1n) is 7.68. The van der Waals surface area contributed by atoms with Gasteiger partial charge in [0.25, 0.3) is 5.91 Å².